The van der Waals surface area contributed by atoms with Crippen LogP contribution in [0, 0.1) is 0 Å². The zero-order valence-electron chi connectivity index (χ0n) is 7.63. The smallest absolute Gasteiger partial charge is 0.0227 e. The molecule has 2 saturated heterocycles. The number of fused-ring (bicyclic) bond motifs is 2. The van der Waals surface area contributed by atoms with Gasteiger partial charge in [0.25, 0.3) is 0 Å². The van der Waals surface area contributed by atoms with Gasteiger partial charge in [0.15, 0.2) is 0 Å². The van der Waals surface area contributed by atoms with Crippen LogP contribution in [0.15, 0.2) is 0 Å². The van der Waals surface area contributed by atoms with Crippen LogP contribution in [0.3, 0.4) is 0 Å². The van der Waals surface area contributed by atoms with Crippen molar-refractivity contribution >= 4 is 0 Å². The van der Waals surface area contributed by atoms with Gasteiger partial charge in [-0.1, -0.05) is 0 Å². The molecule has 68 valence electrons. The van der Waals surface area contributed by atoms with Gasteiger partial charge in [0, 0.05) is 24.7 Å². The van der Waals surface area contributed by atoms with Gasteiger partial charge in [0.05, 0.1) is 0 Å². The summed E-state index contributed by atoms with van der Waals surface area (Å²) in [5, 5.41) is 3.55. The predicted octanol–water partition coefficient (Wildman–Crippen LogP) is 0.975. The van der Waals surface area contributed by atoms with Gasteiger partial charge in [0.2, 0.25) is 0 Å². The quantitative estimate of drug-likeness (QED) is 0.624. The molecule has 0 aromatic rings. The van der Waals surface area contributed by atoms with Crippen LogP contribution >= 0.6 is 0 Å². The molecule has 0 aromatic carbocycles. The lowest BCUT2D eigenvalue weighted by Gasteiger charge is -2.27. The molecule has 0 aromatic heterocycles. The standard InChI is InChI=1S/C10H18N2/c1-2-8(1)12-9-3-4-10(12)7-11-6-5-9/h8-11H,1-7H2/t9-,10-/m1/s1. The van der Waals surface area contributed by atoms with Crippen LogP contribution in [0.2, 0.25) is 0 Å². The Hall–Kier alpha value is -0.0800. The molecule has 3 rings (SSSR count). The molecule has 1 aliphatic carbocycles. The van der Waals surface area contributed by atoms with E-state index in [-0.39, 0.29) is 0 Å². The fourth-order valence-corrected chi connectivity index (χ4v) is 2.99. The molecule has 0 radical (unpaired) electrons. The summed E-state index contributed by atoms with van der Waals surface area (Å²) in [5.41, 5.74) is 0. The van der Waals surface area contributed by atoms with Crippen molar-refractivity contribution in [2.24, 2.45) is 0 Å². The minimum atomic E-state index is 0.894. The minimum Gasteiger partial charge on any atom is -0.315 e. The average Bonchev–Trinajstić information content (AvgIpc) is 2.78. The first-order chi connectivity index (χ1) is 5.95. The van der Waals surface area contributed by atoms with E-state index in [1.807, 2.05) is 0 Å². The number of hydrogen-bond donors (Lipinski definition) is 1. The molecule has 2 heterocycles. The second-order valence-electron chi connectivity index (χ2n) is 4.56. The summed E-state index contributed by atoms with van der Waals surface area (Å²) in [6.07, 6.45) is 7.28. The lowest BCUT2D eigenvalue weighted by molar-refractivity contribution is 0.192. The highest BCUT2D eigenvalue weighted by atomic mass is 15.3. The Bertz CT molecular complexity index is 163. The van der Waals surface area contributed by atoms with Gasteiger partial charge in [-0.25, -0.2) is 0 Å². The van der Waals surface area contributed by atoms with Crippen LogP contribution in [0.5, 0.6) is 0 Å². The Kier molecular flexibility index (Phi) is 1.66. The number of nitrogens with zero attached hydrogens (tertiary/aromatic N) is 1. The fraction of sp³-hybridized carbons (Fsp3) is 1.00. The number of hydrogen-bond acceptors (Lipinski definition) is 2. The van der Waals surface area contributed by atoms with Crippen LogP contribution < -0.4 is 5.32 Å². The average molecular weight is 166 g/mol. The number of rotatable bonds is 1. The van der Waals surface area contributed by atoms with Gasteiger partial charge in [0.1, 0.15) is 0 Å². The van der Waals surface area contributed by atoms with E-state index in [2.05, 4.69) is 10.2 Å². The van der Waals surface area contributed by atoms with E-state index in [4.69, 9.17) is 0 Å². The SMILES string of the molecule is C1C[C@H]2CC[C@H](CN1)N2C1CC1. The minimum absolute atomic E-state index is 0.894. The highest BCUT2D eigenvalue weighted by molar-refractivity contribution is 4.99. The van der Waals surface area contributed by atoms with Gasteiger partial charge >= 0.3 is 0 Å². The van der Waals surface area contributed by atoms with Crippen molar-refractivity contribution in [3.8, 4) is 0 Å². The number of nitrogens with one attached hydrogen (secondary N) is 1. The summed E-state index contributed by atoms with van der Waals surface area (Å²) >= 11 is 0. The third-order valence-electron chi connectivity index (χ3n) is 3.68. The van der Waals surface area contributed by atoms with Crippen LogP contribution in [0.25, 0.3) is 0 Å². The van der Waals surface area contributed by atoms with Crippen LogP contribution in [-0.2, 0) is 0 Å². The molecule has 1 saturated carbocycles. The van der Waals surface area contributed by atoms with Crippen LogP contribution in [0.1, 0.15) is 32.1 Å². The van der Waals surface area contributed by atoms with E-state index in [1.54, 1.807) is 0 Å². The monoisotopic (exact) mass is 166 g/mol. The molecule has 2 bridgehead atoms. The van der Waals surface area contributed by atoms with Crippen molar-refractivity contribution in [2.75, 3.05) is 13.1 Å². The Morgan fingerprint density at radius 2 is 1.50 bits per heavy atom. The van der Waals surface area contributed by atoms with Crippen molar-refractivity contribution in [3.05, 3.63) is 0 Å². The first-order valence-corrected chi connectivity index (χ1v) is 5.43. The van der Waals surface area contributed by atoms with Crippen molar-refractivity contribution < 1.29 is 0 Å². The topological polar surface area (TPSA) is 15.3 Å². The Balaban J connectivity index is 1.79. The van der Waals surface area contributed by atoms with Crippen molar-refractivity contribution in [3.63, 3.8) is 0 Å². The summed E-state index contributed by atoms with van der Waals surface area (Å²) in [6, 6.07) is 2.82. The van der Waals surface area contributed by atoms with Crippen molar-refractivity contribution in [1.82, 2.24) is 10.2 Å². The van der Waals surface area contributed by atoms with Gasteiger partial charge < -0.3 is 5.32 Å². The lowest BCUT2D eigenvalue weighted by Crippen LogP contribution is -2.39. The van der Waals surface area contributed by atoms with Gasteiger partial charge in [-0.2, -0.15) is 0 Å². The zero-order valence-corrected chi connectivity index (χ0v) is 7.63. The van der Waals surface area contributed by atoms with Crippen LogP contribution in [0.4, 0.5) is 0 Å². The summed E-state index contributed by atoms with van der Waals surface area (Å²) in [5.74, 6) is 0. The highest BCUT2D eigenvalue weighted by Crippen LogP contribution is 2.38. The molecule has 2 atom stereocenters. The maximum Gasteiger partial charge on any atom is 0.0227 e. The van der Waals surface area contributed by atoms with E-state index in [9.17, 15) is 0 Å². The molecule has 2 nitrogen and oxygen atoms in total. The van der Waals surface area contributed by atoms with Crippen LogP contribution in [-0.4, -0.2) is 36.1 Å². The summed E-state index contributed by atoms with van der Waals surface area (Å²) in [6.45, 7) is 2.51. The van der Waals surface area contributed by atoms with E-state index in [0.717, 1.165) is 18.1 Å². The van der Waals surface area contributed by atoms with E-state index in [1.165, 1.54) is 45.2 Å². The van der Waals surface area contributed by atoms with Gasteiger partial charge in [-0.3, -0.25) is 4.90 Å². The summed E-state index contributed by atoms with van der Waals surface area (Å²) < 4.78 is 0. The molecule has 3 aliphatic rings. The molecule has 2 heteroatoms. The van der Waals surface area contributed by atoms with Gasteiger partial charge in [-0.05, 0) is 38.6 Å². The Morgan fingerprint density at radius 1 is 0.833 bits per heavy atom. The largest absolute Gasteiger partial charge is 0.315 e. The molecule has 12 heavy (non-hydrogen) atoms. The first kappa shape index (κ1) is 7.34. The molecule has 1 N–H and O–H groups in total. The molecule has 0 unspecified atom stereocenters. The molecule has 0 amide bonds. The Labute approximate surface area is 74.3 Å². The van der Waals surface area contributed by atoms with Crippen molar-refractivity contribution in [1.29, 1.82) is 0 Å². The van der Waals surface area contributed by atoms with E-state index >= 15 is 0 Å². The summed E-state index contributed by atoms with van der Waals surface area (Å²) in [4.78, 5) is 2.83. The lowest BCUT2D eigenvalue weighted by atomic mass is 10.1. The molecular weight excluding hydrogens is 148 g/mol. The highest BCUT2D eigenvalue weighted by Gasteiger charge is 2.42. The molecule has 3 fully saturated rings. The second-order valence-corrected chi connectivity index (χ2v) is 4.56. The second kappa shape index (κ2) is 2.71. The zero-order chi connectivity index (χ0) is 7.97. The maximum absolute atomic E-state index is 3.55. The third kappa shape index (κ3) is 1.09. The molecular formula is C10H18N2. The maximum atomic E-state index is 3.55. The molecule has 2 aliphatic heterocycles. The summed E-state index contributed by atoms with van der Waals surface area (Å²) in [7, 11) is 0. The first-order valence-electron chi connectivity index (χ1n) is 5.43. The van der Waals surface area contributed by atoms with E-state index < -0.39 is 0 Å². The van der Waals surface area contributed by atoms with E-state index in [0.29, 0.717) is 0 Å². The normalized spacial score (nSPS) is 43.0. The fourth-order valence-electron chi connectivity index (χ4n) is 2.99. The van der Waals surface area contributed by atoms with Gasteiger partial charge in [-0.15, -0.1) is 0 Å². The molecule has 0 spiro atoms. The van der Waals surface area contributed by atoms with Crippen molar-refractivity contribution in [2.45, 2.75) is 50.2 Å². The predicted molar refractivity (Wildman–Crippen MR) is 49.2 cm³/mol. The Morgan fingerprint density at radius 3 is 2.33 bits per heavy atom. The third-order valence-corrected chi connectivity index (χ3v) is 3.68.